The molecule has 1 aliphatic carbocycles. The van der Waals surface area contributed by atoms with E-state index in [2.05, 4.69) is 31.8 Å². The normalized spacial score (nSPS) is 20.7. The van der Waals surface area contributed by atoms with Gasteiger partial charge in [-0.15, -0.1) is 0 Å². The molecule has 1 saturated heterocycles. The lowest BCUT2D eigenvalue weighted by molar-refractivity contribution is -0.0652. The lowest BCUT2D eigenvalue weighted by Gasteiger charge is -2.39. The Morgan fingerprint density at radius 3 is 2.46 bits per heavy atom. The molecule has 3 heterocycles. The van der Waals surface area contributed by atoms with Gasteiger partial charge in [0.15, 0.2) is 11.4 Å². The SMILES string of the molecule is Cn1c(C(C)(C)C)cc2ncc(C(=O)CCC[C@@H](CC3CCC3)[C@@H]3COC(C)(C)N3C(=O)OC(C)(C)C)nc21. The van der Waals surface area contributed by atoms with Crippen LogP contribution >= 0.6 is 0 Å². The molecule has 2 aromatic rings. The molecule has 0 radical (unpaired) electrons. The third kappa shape index (κ3) is 6.64. The summed E-state index contributed by atoms with van der Waals surface area (Å²) >= 11 is 0. The Morgan fingerprint density at radius 2 is 1.87 bits per heavy atom. The fourth-order valence-corrected chi connectivity index (χ4v) is 6.05. The third-order valence-electron chi connectivity index (χ3n) is 8.28. The van der Waals surface area contributed by atoms with Gasteiger partial charge >= 0.3 is 6.09 Å². The van der Waals surface area contributed by atoms with Crippen LogP contribution in [-0.4, -0.2) is 55.3 Å². The number of Topliss-reactive ketones (excluding diaryl/α,β-unsaturated/α-hetero) is 1. The van der Waals surface area contributed by atoms with Gasteiger partial charge in [-0.3, -0.25) is 14.7 Å². The van der Waals surface area contributed by atoms with Crippen LogP contribution in [0.3, 0.4) is 0 Å². The maximum Gasteiger partial charge on any atom is 0.412 e. The highest BCUT2D eigenvalue weighted by Crippen LogP contribution is 2.40. The topological polar surface area (TPSA) is 86.6 Å². The highest BCUT2D eigenvalue weighted by Gasteiger charge is 2.48. The van der Waals surface area contributed by atoms with Crippen LogP contribution in [0.4, 0.5) is 4.79 Å². The zero-order valence-electron chi connectivity index (χ0n) is 25.5. The summed E-state index contributed by atoms with van der Waals surface area (Å²) < 4.78 is 14.0. The number of ether oxygens (including phenoxy) is 2. The number of fused-ring (bicyclic) bond motifs is 1. The van der Waals surface area contributed by atoms with Gasteiger partial charge in [0.1, 0.15) is 22.5 Å². The Kier molecular flexibility index (Phi) is 8.19. The number of aromatic nitrogens is 3. The van der Waals surface area contributed by atoms with Gasteiger partial charge in [-0.2, -0.15) is 0 Å². The number of carbonyl (C=O) groups is 2. The molecule has 216 valence electrons. The maximum absolute atomic E-state index is 13.3. The highest BCUT2D eigenvalue weighted by molar-refractivity contribution is 5.95. The van der Waals surface area contributed by atoms with Crippen LogP contribution in [0.25, 0.3) is 11.2 Å². The average Bonchev–Trinajstić information content (AvgIpc) is 3.29. The van der Waals surface area contributed by atoms with Crippen LogP contribution in [0.15, 0.2) is 12.3 Å². The van der Waals surface area contributed by atoms with Crippen molar-refractivity contribution in [1.29, 1.82) is 0 Å². The van der Waals surface area contributed by atoms with Crippen molar-refractivity contribution in [3.05, 3.63) is 23.7 Å². The van der Waals surface area contributed by atoms with Crippen LogP contribution in [0.5, 0.6) is 0 Å². The molecule has 0 aromatic carbocycles. The quantitative estimate of drug-likeness (QED) is 0.342. The maximum atomic E-state index is 13.3. The molecule has 0 N–H and O–H groups in total. The zero-order valence-corrected chi connectivity index (χ0v) is 25.5. The van der Waals surface area contributed by atoms with E-state index in [1.54, 1.807) is 6.20 Å². The van der Waals surface area contributed by atoms with E-state index in [4.69, 9.17) is 14.5 Å². The average molecular weight is 541 g/mol. The summed E-state index contributed by atoms with van der Waals surface area (Å²) in [5.41, 5.74) is 1.76. The monoisotopic (exact) mass is 540 g/mol. The Balaban J connectivity index is 1.46. The van der Waals surface area contributed by atoms with Crippen molar-refractivity contribution >= 4 is 23.0 Å². The molecule has 1 saturated carbocycles. The molecular weight excluding hydrogens is 492 g/mol. The van der Waals surface area contributed by atoms with Gasteiger partial charge in [0.05, 0.1) is 18.8 Å². The predicted molar refractivity (Wildman–Crippen MR) is 153 cm³/mol. The van der Waals surface area contributed by atoms with E-state index in [9.17, 15) is 9.59 Å². The number of hydrogen-bond donors (Lipinski definition) is 0. The van der Waals surface area contributed by atoms with Crippen molar-refractivity contribution in [1.82, 2.24) is 19.4 Å². The van der Waals surface area contributed by atoms with Gasteiger partial charge < -0.3 is 14.0 Å². The molecule has 8 nitrogen and oxygen atoms in total. The summed E-state index contributed by atoms with van der Waals surface area (Å²) in [6.07, 6.45) is 8.06. The van der Waals surface area contributed by atoms with E-state index in [1.165, 1.54) is 19.3 Å². The smallest absolute Gasteiger partial charge is 0.412 e. The first-order valence-corrected chi connectivity index (χ1v) is 14.6. The first-order chi connectivity index (χ1) is 18.1. The van der Waals surface area contributed by atoms with Crippen LogP contribution < -0.4 is 0 Å². The van der Waals surface area contributed by atoms with Crippen LogP contribution in [0, 0.1) is 11.8 Å². The van der Waals surface area contributed by atoms with Gasteiger partial charge in [0.25, 0.3) is 0 Å². The van der Waals surface area contributed by atoms with E-state index < -0.39 is 11.3 Å². The van der Waals surface area contributed by atoms with Gasteiger partial charge in [0, 0.05) is 24.6 Å². The van der Waals surface area contributed by atoms with Crippen molar-refractivity contribution in [3.8, 4) is 0 Å². The van der Waals surface area contributed by atoms with E-state index in [1.807, 2.05) is 51.1 Å². The molecule has 0 spiro atoms. The van der Waals surface area contributed by atoms with Gasteiger partial charge in [-0.05, 0) is 71.8 Å². The molecule has 1 aliphatic heterocycles. The molecule has 8 heteroatoms. The number of aryl methyl sites for hydroxylation is 1. The predicted octanol–water partition coefficient (Wildman–Crippen LogP) is 6.80. The Bertz CT molecular complexity index is 1200. The van der Waals surface area contributed by atoms with Gasteiger partial charge in [0.2, 0.25) is 0 Å². The van der Waals surface area contributed by atoms with Gasteiger partial charge in [-0.25, -0.2) is 9.78 Å². The van der Waals surface area contributed by atoms with Crippen LogP contribution in [-0.2, 0) is 21.9 Å². The lowest BCUT2D eigenvalue weighted by atomic mass is 9.75. The first-order valence-electron chi connectivity index (χ1n) is 14.6. The second-order valence-corrected chi connectivity index (χ2v) is 14.1. The second kappa shape index (κ2) is 10.8. The van der Waals surface area contributed by atoms with Crippen molar-refractivity contribution in [3.63, 3.8) is 0 Å². The number of amides is 1. The van der Waals surface area contributed by atoms with Crippen molar-refractivity contribution in [2.24, 2.45) is 18.9 Å². The molecule has 2 aliphatic rings. The Labute approximate surface area is 233 Å². The van der Waals surface area contributed by atoms with E-state index in [-0.39, 0.29) is 29.3 Å². The number of ketones is 1. The van der Waals surface area contributed by atoms with E-state index in [0.29, 0.717) is 24.6 Å². The Morgan fingerprint density at radius 1 is 1.18 bits per heavy atom. The molecule has 0 bridgehead atoms. The van der Waals surface area contributed by atoms with Crippen molar-refractivity contribution < 1.29 is 19.1 Å². The molecule has 1 amide bonds. The summed E-state index contributed by atoms with van der Waals surface area (Å²) in [5.74, 6) is 0.933. The van der Waals surface area contributed by atoms with Crippen molar-refractivity contribution in [2.45, 2.75) is 123 Å². The zero-order chi connectivity index (χ0) is 28.8. The largest absolute Gasteiger partial charge is 0.444 e. The fraction of sp³-hybridized carbons (Fsp3) is 0.742. The molecule has 2 aromatic heterocycles. The highest BCUT2D eigenvalue weighted by atomic mass is 16.6. The summed E-state index contributed by atoms with van der Waals surface area (Å²) in [6.45, 7) is 16.5. The minimum absolute atomic E-state index is 0.0114. The lowest BCUT2D eigenvalue weighted by Crippen LogP contribution is -2.52. The second-order valence-electron chi connectivity index (χ2n) is 14.1. The van der Waals surface area contributed by atoms with Crippen LogP contribution in [0.1, 0.15) is 117 Å². The number of nitrogens with zero attached hydrogens (tertiary/aromatic N) is 4. The van der Waals surface area contributed by atoms with Crippen LogP contribution in [0.2, 0.25) is 0 Å². The molecule has 0 unspecified atom stereocenters. The number of carbonyl (C=O) groups excluding carboxylic acids is 2. The van der Waals surface area contributed by atoms with Gasteiger partial charge in [-0.1, -0.05) is 40.0 Å². The summed E-state index contributed by atoms with van der Waals surface area (Å²) in [6, 6.07) is 1.99. The molecule has 4 rings (SSSR count). The summed E-state index contributed by atoms with van der Waals surface area (Å²) in [7, 11) is 1.98. The Hall–Kier alpha value is -2.48. The fourth-order valence-electron chi connectivity index (χ4n) is 6.05. The molecule has 39 heavy (non-hydrogen) atoms. The van der Waals surface area contributed by atoms with Crippen molar-refractivity contribution in [2.75, 3.05) is 6.61 Å². The minimum Gasteiger partial charge on any atom is -0.444 e. The number of hydrogen-bond acceptors (Lipinski definition) is 6. The molecule has 2 atom stereocenters. The van der Waals surface area contributed by atoms with E-state index >= 15 is 0 Å². The molecular formula is C31H48N4O4. The van der Waals surface area contributed by atoms with E-state index in [0.717, 1.165) is 36.1 Å². The number of rotatable bonds is 8. The third-order valence-corrected chi connectivity index (χ3v) is 8.28. The summed E-state index contributed by atoms with van der Waals surface area (Å²) in [5, 5.41) is 0. The summed E-state index contributed by atoms with van der Waals surface area (Å²) in [4.78, 5) is 37.6. The minimum atomic E-state index is -0.730. The standard InChI is InChI=1S/C31H48N4O4/c1-29(2,3)26-17-22-27(34(26)9)33-23(18-32-22)25(36)15-11-14-21(16-20-12-10-13-20)24-19-38-31(7,8)35(24)28(37)39-30(4,5)6/h17-18,20-21,24H,10-16,19H2,1-9H3/t21-,24-/m0/s1. The molecule has 2 fully saturated rings. The first kappa shape index (κ1) is 29.5.